The number of ether oxygens (including phenoxy) is 1. The summed E-state index contributed by atoms with van der Waals surface area (Å²) < 4.78 is 5.85. The number of piperidine rings is 1. The molecule has 1 aliphatic rings. The largest absolute Gasteiger partial charge is 0.481 e. The van der Waals surface area contributed by atoms with Crippen LogP contribution in [-0.2, 0) is 11.2 Å². The molecule has 1 aromatic carbocycles. The van der Waals surface area contributed by atoms with Crippen molar-refractivity contribution in [3.8, 4) is 5.75 Å². The maximum absolute atomic E-state index is 12.3. The van der Waals surface area contributed by atoms with Gasteiger partial charge in [-0.1, -0.05) is 39.0 Å². The molecule has 0 aliphatic carbocycles. The third kappa shape index (κ3) is 6.35. The summed E-state index contributed by atoms with van der Waals surface area (Å²) >= 11 is 0. The topological polar surface area (TPSA) is 41.6 Å². The first-order valence-electron chi connectivity index (χ1n) is 9.74. The minimum atomic E-state index is -0.470. The normalized spacial score (nSPS) is 22.4. The van der Waals surface area contributed by atoms with Crippen LogP contribution in [0.15, 0.2) is 24.3 Å². The number of rotatable bonds is 8. The van der Waals surface area contributed by atoms with E-state index in [4.69, 9.17) is 4.74 Å². The van der Waals surface area contributed by atoms with Gasteiger partial charge < -0.3 is 15.0 Å². The number of hydrogen-bond acceptors (Lipinski definition) is 3. The van der Waals surface area contributed by atoms with Gasteiger partial charge in [-0.3, -0.25) is 4.79 Å². The van der Waals surface area contributed by atoms with Crippen molar-refractivity contribution in [3.63, 3.8) is 0 Å². The van der Waals surface area contributed by atoms with E-state index in [2.05, 4.69) is 31.0 Å². The van der Waals surface area contributed by atoms with Crippen LogP contribution in [0.3, 0.4) is 0 Å². The molecule has 4 heteroatoms. The molecule has 0 radical (unpaired) electrons. The lowest BCUT2D eigenvalue weighted by Gasteiger charge is -2.34. The highest BCUT2D eigenvalue weighted by Gasteiger charge is 2.21. The van der Waals surface area contributed by atoms with E-state index in [1.165, 1.54) is 19.5 Å². The van der Waals surface area contributed by atoms with Crippen molar-refractivity contribution in [2.75, 3.05) is 26.2 Å². The molecule has 1 amide bonds. The number of nitrogens with zero attached hydrogens (tertiary/aromatic N) is 1. The average Bonchev–Trinajstić information content (AvgIpc) is 2.58. The van der Waals surface area contributed by atoms with Crippen molar-refractivity contribution in [2.24, 2.45) is 11.8 Å². The molecule has 3 atom stereocenters. The van der Waals surface area contributed by atoms with Gasteiger partial charge in [0.1, 0.15) is 5.75 Å². The highest BCUT2D eigenvalue weighted by Crippen LogP contribution is 2.21. The number of hydrogen-bond donors (Lipinski definition) is 1. The summed E-state index contributed by atoms with van der Waals surface area (Å²) in [7, 11) is 0. The molecular formula is C21H34N2O2. The van der Waals surface area contributed by atoms with Crippen LogP contribution >= 0.6 is 0 Å². The van der Waals surface area contributed by atoms with Crippen LogP contribution in [0.2, 0.25) is 0 Å². The van der Waals surface area contributed by atoms with Gasteiger partial charge >= 0.3 is 0 Å². The van der Waals surface area contributed by atoms with Crippen LogP contribution in [-0.4, -0.2) is 43.1 Å². The molecule has 1 aliphatic heterocycles. The maximum atomic E-state index is 12.3. The Hall–Kier alpha value is -1.55. The van der Waals surface area contributed by atoms with Crippen LogP contribution in [0.4, 0.5) is 0 Å². The summed E-state index contributed by atoms with van der Waals surface area (Å²) in [4.78, 5) is 14.8. The minimum absolute atomic E-state index is 0.0358. The van der Waals surface area contributed by atoms with Gasteiger partial charge in [0.2, 0.25) is 0 Å². The number of benzene rings is 1. The number of likely N-dealkylation sites (tertiary alicyclic amines) is 1. The second kappa shape index (κ2) is 9.81. The first-order chi connectivity index (χ1) is 12.0. The highest BCUT2D eigenvalue weighted by atomic mass is 16.5. The molecule has 1 aromatic rings. The molecule has 1 heterocycles. The zero-order valence-corrected chi connectivity index (χ0v) is 16.3. The molecule has 4 nitrogen and oxygen atoms in total. The monoisotopic (exact) mass is 346 g/mol. The van der Waals surface area contributed by atoms with E-state index in [0.29, 0.717) is 6.54 Å². The first kappa shape index (κ1) is 19.8. The first-order valence-corrected chi connectivity index (χ1v) is 9.74. The second-order valence-corrected chi connectivity index (χ2v) is 7.57. The Labute approximate surface area is 152 Å². The van der Waals surface area contributed by atoms with Crippen LogP contribution in [0.25, 0.3) is 0 Å². The standard InChI is InChI=1S/C21H34N2O2/c1-5-19-9-6-7-10-20(19)25-18(4)21(24)22-11-8-12-23-14-16(2)13-17(3)15-23/h6-7,9-10,16-18H,5,8,11-15H2,1-4H3,(H,22,24)/t16-,17+,18-/m1/s1. The predicted octanol–water partition coefficient (Wildman–Crippen LogP) is 3.50. The zero-order valence-electron chi connectivity index (χ0n) is 16.3. The van der Waals surface area contributed by atoms with E-state index in [0.717, 1.165) is 42.5 Å². The Morgan fingerprint density at radius 1 is 1.28 bits per heavy atom. The summed E-state index contributed by atoms with van der Waals surface area (Å²) in [5.74, 6) is 2.34. The number of para-hydroxylation sites is 1. The lowest BCUT2D eigenvalue weighted by Crippen LogP contribution is -2.41. The van der Waals surface area contributed by atoms with Crippen molar-refractivity contribution < 1.29 is 9.53 Å². The Kier molecular flexibility index (Phi) is 7.76. The van der Waals surface area contributed by atoms with Gasteiger partial charge in [0.05, 0.1) is 0 Å². The highest BCUT2D eigenvalue weighted by molar-refractivity contribution is 5.80. The Morgan fingerprint density at radius 3 is 2.64 bits per heavy atom. The van der Waals surface area contributed by atoms with E-state index >= 15 is 0 Å². The second-order valence-electron chi connectivity index (χ2n) is 7.57. The van der Waals surface area contributed by atoms with E-state index in [9.17, 15) is 4.79 Å². The Morgan fingerprint density at radius 2 is 1.96 bits per heavy atom. The number of carbonyl (C=O) groups excluding carboxylic acids is 1. The van der Waals surface area contributed by atoms with Crippen LogP contribution in [0.5, 0.6) is 5.75 Å². The summed E-state index contributed by atoms with van der Waals surface area (Å²) in [6.45, 7) is 12.7. The SMILES string of the molecule is CCc1ccccc1O[C@H](C)C(=O)NCCCN1C[C@H](C)C[C@H](C)C1. The van der Waals surface area contributed by atoms with E-state index in [-0.39, 0.29) is 5.91 Å². The summed E-state index contributed by atoms with van der Waals surface area (Å²) in [6.07, 6.45) is 2.75. The van der Waals surface area contributed by atoms with Gasteiger partial charge in [0.15, 0.2) is 6.10 Å². The molecule has 1 N–H and O–H groups in total. The molecule has 0 unspecified atom stereocenters. The van der Waals surface area contributed by atoms with Crippen LogP contribution in [0.1, 0.15) is 46.1 Å². The summed E-state index contributed by atoms with van der Waals surface area (Å²) in [5, 5.41) is 3.01. The summed E-state index contributed by atoms with van der Waals surface area (Å²) in [5.41, 5.74) is 1.13. The predicted molar refractivity (Wildman–Crippen MR) is 103 cm³/mol. The molecule has 0 spiro atoms. The quantitative estimate of drug-likeness (QED) is 0.733. The van der Waals surface area contributed by atoms with Crippen molar-refractivity contribution in [2.45, 2.75) is 53.1 Å². The maximum Gasteiger partial charge on any atom is 0.260 e. The lowest BCUT2D eigenvalue weighted by molar-refractivity contribution is -0.127. The van der Waals surface area contributed by atoms with E-state index in [1.807, 2.05) is 31.2 Å². The molecule has 1 saturated heterocycles. The van der Waals surface area contributed by atoms with Crippen LogP contribution in [0, 0.1) is 11.8 Å². The van der Waals surface area contributed by atoms with Gasteiger partial charge in [0.25, 0.3) is 5.91 Å². The van der Waals surface area contributed by atoms with Crippen molar-refractivity contribution >= 4 is 5.91 Å². The van der Waals surface area contributed by atoms with E-state index < -0.39 is 6.10 Å². The fourth-order valence-electron chi connectivity index (χ4n) is 3.79. The smallest absolute Gasteiger partial charge is 0.260 e. The Balaban J connectivity index is 1.69. The number of carbonyl (C=O) groups is 1. The number of nitrogens with one attached hydrogen (secondary N) is 1. The zero-order chi connectivity index (χ0) is 18.2. The van der Waals surface area contributed by atoms with Gasteiger partial charge in [0, 0.05) is 19.6 Å². The van der Waals surface area contributed by atoms with Crippen molar-refractivity contribution in [1.29, 1.82) is 0 Å². The fraction of sp³-hybridized carbons (Fsp3) is 0.667. The lowest BCUT2D eigenvalue weighted by atomic mass is 9.92. The fourth-order valence-corrected chi connectivity index (χ4v) is 3.79. The minimum Gasteiger partial charge on any atom is -0.481 e. The van der Waals surface area contributed by atoms with E-state index in [1.54, 1.807) is 0 Å². The number of amides is 1. The summed E-state index contributed by atoms with van der Waals surface area (Å²) in [6, 6.07) is 7.92. The van der Waals surface area contributed by atoms with Crippen molar-refractivity contribution in [3.05, 3.63) is 29.8 Å². The van der Waals surface area contributed by atoms with Gasteiger partial charge in [-0.2, -0.15) is 0 Å². The molecular weight excluding hydrogens is 312 g/mol. The number of aryl methyl sites for hydroxylation is 1. The molecule has 0 saturated carbocycles. The third-order valence-electron chi connectivity index (χ3n) is 4.92. The van der Waals surface area contributed by atoms with Crippen LogP contribution < -0.4 is 10.1 Å². The molecule has 1 fully saturated rings. The third-order valence-corrected chi connectivity index (χ3v) is 4.92. The molecule has 0 aromatic heterocycles. The van der Waals surface area contributed by atoms with Crippen molar-refractivity contribution in [1.82, 2.24) is 10.2 Å². The molecule has 25 heavy (non-hydrogen) atoms. The van der Waals surface area contributed by atoms with Gasteiger partial charge in [-0.15, -0.1) is 0 Å². The molecule has 2 rings (SSSR count). The average molecular weight is 347 g/mol. The molecule has 140 valence electrons. The Bertz CT molecular complexity index is 536. The van der Waals surface area contributed by atoms with Gasteiger partial charge in [-0.05, 0) is 56.2 Å². The molecule has 0 bridgehead atoms. The van der Waals surface area contributed by atoms with Gasteiger partial charge in [-0.25, -0.2) is 0 Å².